The monoisotopic (exact) mass is 841 g/mol. The summed E-state index contributed by atoms with van der Waals surface area (Å²) in [6, 6.07) is 72.7. The van der Waals surface area contributed by atoms with Crippen LogP contribution in [-0.2, 0) is 4.57 Å². The van der Waals surface area contributed by atoms with E-state index in [2.05, 4.69) is 78.9 Å². The minimum Gasteiger partial charge on any atom is -0.456 e. The molecule has 0 unspecified atom stereocenters. The summed E-state index contributed by atoms with van der Waals surface area (Å²) in [4.78, 5) is 15.1. The fourth-order valence-corrected chi connectivity index (χ4v) is 11.5. The van der Waals surface area contributed by atoms with E-state index in [1.54, 1.807) is 0 Å². The third-order valence-electron chi connectivity index (χ3n) is 12.0. The number of nitrogens with zero attached hydrogens (tertiary/aromatic N) is 3. The first-order chi connectivity index (χ1) is 31.5. The molecule has 3 aromatic heterocycles. The highest BCUT2D eigenvalue weighted by molar-refractivity contribution is 7.85. The lowest BCUT2D eigenvalue weighted by molar-refractivity contribution is 0.592. The third-order valence-corrected chi connectivity index (χ3v) is 15.1. The van der Waals surface area contributed by atoms with E-state index in [9.17, 15) is 0 Å². The van der Waals surface area contributed by atoms with Gasteiger partial charge in [-0.25, -0.2) is 15.0 Å². The van der Waals surface area contributed by atoms with Crippen molar-refractivity contribution in [2.45, 2.75) is 0 Å². The molecule has 12 rings (SSSR count). The zero-order valence-corrected chi connectivity index (χ0v) is 35.2. The van der Waals surface area contributed by atoms with E-state index in [1.165, 1.54) is 5.56 Å². The van der Waals surface area contributed by atoms with Crippen molar-refractivity contribution in [2.24, 2.45) is 0 Å². The van der Waals surface area contributed by atoms with Gasteiger partial charge in [0.2, 0.25) is 0 Å². The molecule has 0 saturated carbocycles. The fourth-order valence-electron chi connectivity index (χ4n) is 8.78. The van der Waals surface area contributed by atoms with Crippen molar-refractivity contribution in [3.05, 3.63) is 218 Å². The van der Waals surface area contributed by atoms with Gasteiger partial charge < -0.3 is 13.4 Å². The van der Waals surface area contributed by atoms with Gasteiger partial charge in [-0.05, 0) is 76.9 Å². The summed E-state index contributed by atoms with van der Waals surface area (Å²) in [6.45, 7) is 0. The molecule has 0 atom stereocenters. The fraction of sp³-hybridized carbons (Fsp3) is 0. The van der Waals surface area contributed by atoms with Gasteiger partial charge in [0.15, 0.2) is 24.6 Å². The maximum absolute atomic E-state index is 15.3. The molecular formula is C57H36N3O3P. The predicted molar refractivity (Wildman–Crippen MR) is 261 cm³/mol. The van der Waals surface area contributed by atoms with Gasteiger partial charge in [0, 0.05) is 54.1 Å². The molecule has 0 aliphatic carbocycles. The number of benzene rings is 9. The minimum atomic E-state index is -3.25. The SMILES string of the molecule is O=P(c1ccccc1)(c1ccccc1)c1cccc(-c2nc(-c3ccccc3)nc(-c3ccc4c(c3)oc3ccc(-c5ccc6c(c5)oc5ccc(-c7ccccc7)cc56)cc34)n2)c1. The highest BCUT2D eigenvalue weighted by atomic mass is 31.2. The van der Waals surface area contributed by atoms with E-state index >= 15 is 4.57 Å². The Hall–Kier alpha value is -8.18. The lowest BCUT2D eigenvalue weighted by Gasteiger charge is -2.20. The van der Waals surface area contributed by atoms with Crippen LogP contribution in [-0.4, -0.2) is 15.0 Å². The van der Waals surface area contributed by atoms with Crippen molar-refractivity contribution >= 4 is 66.9 Å². The number of hydrogen-bond donors (Lipinski definition) is 0. The van der Waals surface area contributed by atoms with Crippen LogP contribution in [0.3, 0.4) is 0 Å². The second-order valence-corrected chi connectivity index (χ2v) is 18.7. The Kier molecular flexibility index (Phi) is 8.99. The second-order valence-electron chi connectivity index (χ2n) is 15.9. The molecule has 0 aliphatic heterocycles. The minimum absolute atomic E-state index is 0.478. The molecule has 0 N–H and O–H groups in total. The number of rotatable bonds is 8. The van der Waals surface area contributed by atoms with Gasteiger partial charge in [0.05, 0.1) is 0 Å². The average Bonchev–Trinajstić information content (AvgIpc) is 3.94. The van der Waals surface area contributed by atoms with Crippen molar-refractivity contribution in [3.8, 4) is 56.4 Å². The zero-order chi connectivity index (χ0) is 42.6. The van der Waals surface area contributed by atoms with Crippen LogP contribution in [0.5, 0.6) is 0 Å². The number of hydrogen-bond acceptors (Lipinski definition) is 6. The summed E-state index contributed by atoms with van der Waals surface area (Å²) in [7, 11) is -3.25. The average molecular weight is 842 g/mol. The molecule has 0 fully saturated rings. The first-order valence-corrected chi connectivity index (χ1v) is 22.9. The number of aromatic nitrogens is 3. The summed E-state index contributed by atoms with van der Waals surface area (Å²) in [6.07, 6.45) is 0. The van der Waals surface area contributed by atoms with E-state index in [0.29, 0.717) is 22.8 Å². The molecular weight excluding hydrogens is 806 g/mol. The molecule has 0 spiro atoms. The largest absolute Gasteiger partial charge is 0.456 e. The molecule has 302 valence electrons. The summed E-state index contributed by atoms with van der Waals surface area (Å²) < 4.78 is 28.2. The van der Waals surface area contributed by atoms with Gasteiger partial charge in [-0.1, -0.05) is 164 Å². The normalized spacial score (nSPS) is 11.8. The molecule has 0 bridgehead atoms. The molecule has 0 radical (unpaired) electrons. The van der Waals surface area contributed by atoms with Gasteiger partial charge in [0.1, 0.15) is 22.3 Å². The highest BCUT2D eigenvalue weighted by Crippen LogP contribution is 2.43. The van der Waals surface area contributed by atoms with Crippen LogP contribution in [0.2, 0.25) is 0 Å². The van der Waals surface area contributed by atoms with E-state index in [0.717, 1.165) is 87.9 Å². The first kappa shape index (κ1) is 37.6. The zero-order valence-electron chi connectivity index (χ0n) is 34.3. The Balaban J connectivity index is 0.926. The Morgan fingerprint density at radius 3 is 1.23 bits per heavy atom. The Labute approximate surface area is 368 Å². The Morgan fingerprint density at radius 2 is 0.672 bits per heavy atom. The van der Waals surface area contributed by atoms with Crippen molar-refractivity contribution in [1.82, 2.24) is 15.0 Å². The van der Waals surface area contributed by atoms with Gasteiger partial charge >= 0.3 is 0 Å². The Morgan fingerprint density at radius 1 is 0.281 bits per heavy atom. The Bertz CT molecular complexity index is 3710. The molecule has 12 aromatic rings. The van der Waals surface area contributed by atoms with Crippen molar-refractivity contribution in [1.29, 1.82) is 0 Å². The molecule has 64 heavy (non-hydrogen) atoms. The second kappa shape index (κ2) is 15.3. The predicted octanol–water partition coefficient (Wildman–Crippen LogP) is 13.6. The van der Waals surface area contributed by atoms with Gasteiger partial charge in [-0.2, -0.15) is 0 Å². The van der Waals surface area contributed by atoms with Crippen LogP contribution in [0.1, 0.15) is 0 Å². The molecule has 0 amide bonds. The van der Waals surface area contributed by atoms with Gasteiger partial charge in [0.25, 0.3) is 0 Å². The van der Waals surface area contributed by atoms with E-state index < -0.39 is 7.14 Å². The number of furan rings is 2. The molecule has 0 aliphatic rings. The smallest absolute Gasteiger partial charge is 0.171 e. The standard InChI is InChI=1S/C57H36N3O3P/c61-64(44-19-9-3-10-20-44,45-21-11-4-12-22-45)46-23-13-18-42(32-46)56-58-55(38-16-7-2-8-17-38)59-57(60-56)43-25-29-48-50-34-40(27-31-52(50)63-54(48)36-43)41-24-28-47-49-33-39(37-14-5-1-6-15-37)26-30-51(49)62-53(47)35-41/h1-36H. The third kappa shape index (κ3) is 6.51. The van der Waals surface area contributed by atoms with Crippen molar-refractivity contribution in [2.75, 3.05) is 0 Å². The summed E-state index contributed by atoms with van der Waals surface area (Å²) >= 11 is 0. The molecule has 3 heterocycles. The van der Waals surface area contributed by atoms with Gasteiger partial charge in [-0.3, -0.25) is 0 Å². The van der Waals surface area contributed by atoms with Crippen LogP contribution in [0, 0.1) is 0 Å². The van der Waals surface area contributed by atoms with E-state index in [4.69, 9.17) is 23.8 Å². The quantitative estimate of drug-likeness (QED) is 0.142. The molecule has 9 aromatic carbocycles. The lowest BCUT2D eigenvalue weighted by atomic mass is 10.00. The maximum atomic E-state index is 15.3. The van der Waals surface area contributed by atoms with E-state index in [1.807, 2.05) is 140 Å². The molecule has 6 nitrogen and oxygen atoms in total. The first-order valence-electron chi connectivity index (χ1n) is 21.2. The van der Waals surface area contributed by atoms with Crippen molar-refractivity contribution < 1.29 is 13.4 Å². The maximum Gasteiger partial charge on any atom is 0.171 e. The summed E-state index contributed by atoms with van der Waals surface area (Å²) in [5.41, 5.74) is 10.1. The van der Waals surface area contributed by atoms with Crippen LogP contribution in [0.15, 0.2) is 227 Å². The van der Waals surface area contributed by atoms with Crippen LogP contribution >= 0.6 is 7.14 Å². The van der Waals surface area contributed by atoms with Crippen LogP contribution < -0.4 is 15.9 Å². The number of fused-ring (bicyclic) bond motifs is 6. The van der Waals surface area contributed by atoms with Crippen LogP contribution in [0.25, 0.3) is 100 Å². The molecule has 0 saturated heterocycles. The van der Waals surface area contributed by atoms with Gasteiger partial charge in [-0.15, -0.1) is 0 Å². The lowest BCUT2D eigenvalue weighted by Crippen LogP contribution is -2.25. The van der Waals surface area contributed by atoms with E-state index in [-0.39, 0.29) is 0 Å². The molecule has 7 heteroatoms. The van der Waals surface area contributed by atoms with Crippen molar-refractivity contribution in [3.63, 3.8) is 0 Å². The summed E-state index contributed by atoms with van der Waals surface area (Å²) in [5, 5.41) is 6.40. The topological polar surface area (TPSA) is 82.0 Å². The summed E-state index contributed by atoms with van der Waals surface area (Å²) in [5.74, 6) is 1.51. The highest BCUT2D eigenvalue weighted by Gasteiger charge is 2.30. The van der Waals surface area contributed by atoms with Crippen LogP contribution in [0.4, 0.5) is 0 Å².